The van der Waals surface area contributed by atoms with Gasteiger partial charge in [-0.15, -0.1) is 81.8 Å². The van der Waals surface area contributed by atoms with E-state index in [4.69, 9.17) is 9.47 Å². The maximum absolute atomic E-state index is 5.97. The van der Waals surface area contributed by atoms with E-state index in [0.717, 1.165) is 11.5 Å². The molecule has 0 spiro atoms. The number of rotatable bonds is 4. The first kappa shape index (κ1) is 55.4. The van der Waals surface area contributed by atoms with Crippen LogP contribution in [0.4, 0.5) is 0 Å². The minimum absolute atomic E-state index is 0. The van der Waals surface area contributed by atoms with Gasteiger partial charge in [-0.05, 0) is 66.2 Å². The van der Waals surface area contributed by atoms with Gasteiger partial charge in [0.1, 0.15) is 11.5 Å². The molecule has 6 aromatic carbocycles. The summed E-state index contributed by atoms with van der Waals surface area (Å²) in [6, 6.07) is 31.7. The second kappa shape index (κ2) is 21.3. The molecule has 0 saturated heterocycles. The van der Waals surface area contributed by atoms with Crippen LogP contribution in [0.2, 0.25) is 0 Å². The Morgan fingerprint density at radius 1 is 0.466 bits per heavy atom. The van der Waals surface area contributed by atoms with Gasteiger partial charge in [-0.1, -0.05) is 145 Å². The van der Waals surface area contributed by atoms with Gasteiger partial charge in [0.15, 0.2) is 0 Å². The van der Waals surface area contributed by atoms with E-state index in [2.05, 4.69) is 189 Å². The molecule has 0 amide bonds. The van der Waals surface area contributed by atoms with Crippen molar-refractivity contribution in [2.75, 3.05) is 14.2 Å². The van der Waals surface area contributed by atoms with Gasteiger partial charge in [-0.3, -0.25) is 0 Å². The number of aryl methyl sites for hydroxylation is 2. The predicted molar refractivity (Wildman–Crippen MR) is 260 cm³/mol. The Balaban J connectivity index is 0.00000101. The molecular formula is C52H70Cl2O2SiZr-4. The second-order valence-electron chi connectivity index (χ2n) is 18.9. The van der Waals surface area contributed by atoms with Crippen LogP contribution in [0.25, 0.3) is 43.8 Å². The molecule has 2 nitrogen and oxygen atoms in total. The number of hydrogen-bond acceptors (Lipinski definition) is 2. The number of methoxy groups -OCH3 is 2. The quantitative estimate of drug-likeness (QED) is 0.130. The van der Waals surface area contributed by atoms with Crippen LogP contribution in [0, 0.1) is 28.7 Å². The summed E-state index contributed by atoms with van der Waals surface area (Å²) < 4.78 is 11.9. The van der Waals surface area contributed by atoms with E-state index in [1.165, 1.54) is 101 Å². The Kier molecular flexibility index (Phi) is 20.3. The molecule has 0 heterocycles. The molecule has 0 aliphatic heterocycles. The molecule has 2 radical (unpaired) electrons. The molecule has 0 N–H and O–H groups in total. The summed E-state index contributed by atoms with van der Waals surface area (Å²) in [5, 5.41) is 5.14. The molecule has 0 saturated carbocycles. The Labute approximate surface area is 383 Å². The SMILES string of the molecule is COc1c(C(C)(C)C)cc2[cH-]c(C)cc2c1-c1ccc(C(C)(C)C)cc1.COc1c(C(C)(C)C)cc2[cH-]c(C)cc2c1-c1ccc(C(C)(C)C)cc1.Cl.Cl.[CH3-].[CH3-].[Si]=[Zr]. The van der Waals surface area contributed by atoms with Crippen molar-refractivity contribution in [3.63, 3.8) is 0 Å². The Morgan fingerprint density at radius 3 is 0.966 bits per heavy atom. The van der Waals surface area contributed by atoms with Gasteiger partial charge in [-0.2, -0.15) is 12.1 Å². The molecule has 0 bridgehead atoms. The summed E-state index contributed by atoms with van der Waals surface area (Å²) in [6.45, 7) is 34.4. The third-order valence-corrected chi connectivity index (χ3v) is 10.3. The van der Waals surface area contributed by atoms with Gasteiger partial charge >= 0.3 is 30.2 Å². The molecule has 58 heavy (non-hydrogen) atoms. The molecule has 0 fully saturated rings. The zero-order valence-corrected chi connectivity index (χ0v) is 43.8. The van der Waals surface area contributed by atoms with Crippen molar-refractivity contribution < 1.29 is 32.8 Å². The van der Waals surface area contributed by atoms with Crippen molar-refractivity contribution in [1.82, 2.24) is 0 Å². The van der Waals surface area contributed by atoms with E-state index in [0.29, 0.717) is 0 Å². The summed E-state index contributed by atoms with van der Waals surface area (Å²) in [5.41, 5.74) is 13.0. The van der Waals surface area contributed by atoms with Crippen molar-refractivity contribution in [3.8, 4) is 33.8 Å². The van der Waals surface area contributed by atoms with Gasteiger partial charge < -0.3 is 24.3 Å². The van der Waals surface area contributed by atoms with Crippen LogP contribution in [0.5, 0.6) is 11.5 Å². The molecular weight excluding hydrogens is 847 g/mol. The van der Waals surface area contributed by atoms with Crippen LogP contribution in [0.3, 0.4) is 0 Å². The summed E-state index contributed by atoms with van der Waals surface area (Å²) in [6.07, 6.45) is 0. The summed E-state index contributed by atoms with van der Waals surface area (Å²) in [4.78, 5) is 0. The van der Waals surface area contributed by atoms with Crippen molar-refractivity contribution in [1.29, 1.82) is 0 Å². The third kappa shape index (κ3) is 12.2. The van der Waals surface area contributed by atoms with Gasteiger partial charge in [0.2, 0.25) is 0 Å². The maximum atomic E-state index is 5.97. The molecule has 0 aliphatic carbocycles. The molecule has 0 unspecified atom stereocenters. The van der Waals surface area contributed by atoms with Crippen LogP contribution in [0.15, 0.2) is 84.9 Å². The minimum atomic E-state index is 0. The van der Waals surface area contributed by atoms with Gasteiger partial charge in [0.25, 0.3) is 0 Å². The van der Waals surface area contributed by atoms with E-state index >= 15 is 0 Å². The Hall–Kier alpha value is -2.62. The number of halogens is 2. The zero-order valence-electron chi connectivity index (χ0n) is 38.7. The van der Waals surface area contributed by atoms with Crippen LogP contribution in [0.1, 0.15) is 116 Å². The Bertz CT molecular complexity index is 2050. The molecule has 316 valence electrons. The van der Waals surface area contributed by atoms with E-state index < -0.39 is 0 Å². The van der Waals surface area contributed by atoms with E-state index in [1.807, 2.05) is 0 Å². The van der Waals surface area contributed by atoms with E-state index in [9.17, 15) is 0 Å². The van der Waals surface area contributed by atoms with Gasteiger partial charge in [-0.25, -0.2) is 0 Å². The van der Waals surface area contributed by atoms with Crippen LogP contribution >= 0.6 is 24.8 Å². The first-order chi connectivity index (χ1) is 25.0. The molecule has 6 heteroatoms. The molecule has 6 rings (SSSR count). The summed E-state index contributed by atoms with van der Waals surface area (Å²) in [5.74, 6) is 2.00. The van der Waals surface area contributed by atoms with Crippen molar-refractivity contribution in [2.45, 2.75) is 119 Å². The van der Waals surface area contributed by atoms with E-state index in [1.54, 1.807) is 14.2 Å². The van der Waals surface area contributed by atoms with Crippen molar-refractivity contribution >= 4 is 53.2 Å². The second-order valence-corrected chi connectivity index (χ2v) is 18.9. The van der Waals surface area contributed by atoms with Crippen molar-refractivity contribution in [2.24, 2.45) is 0 Å². The van der Waals surface area contributed by atoms with E-state index in [-0.39, 0.29) is 61.3 Å². The average Bonchev–Trinajstić information content (AvgIpc) is 3.66. The average molecular weight is 917 g/mol. The summed E-state index contributed by atoms with van der Waals surface area (Å²) >= 11 is 1.36. The molecule has 0 aromatic heterocycles. The van der Waals surface area contributed by atoms with Crippen LogP contribution < -0.4 is 9.47 Å². The molecule has 0 aliphatic rings. The predicted octanol–water partition coefficient (Wildman–Crippen LogP) is 15.6. The third-order valence-electron chi connectivity index (χ3n) is 10.3. The van der Waals surface area contributed by atoms with Gasteiger partial charge in [0, 0.05) is 0 Å². The number of benzene rings is 4. The fourth-order valence-electron chi connectivity index (χ4n) is 7.36. The fraction of sp³-hybridized carbons (Fsp3) is 0.385. The molecule has 6 aromatic rings. The van der Waals surface area contributed by atoms with Crippen LogP contribution in [-0.2, 0) is 45.0 Å². The Morgan fingerprint density at radius 2 is 0.741 bits per heavy atom. The zero-order chi connectivity index (χ0) is 40.6. The normalized spacial score (nSPS) is 11.4. The number of hydrogen-bond donors (Lipinski definition) is 0. The first-order valence-corrected chi connectivity index (χ1v) is 23.3. The standard InChI is InChI=1S/2C25H31O.2CH3.2ClH.Si.Zr/c2*1-16-13-18-15-21(25(5,6)7)23(26-8)22(20(18)14-16)17-9-11-19(12-10-17)24(2,3)4;;;;;;/h2*9-15H,1-8H3;2*1H3;2*1H;;/q4*-1;;;;. The topological polar surface area (TPSA) is 18.5 Å². The van der Waals surface area contributed by atoms with Crippen LogP contribution in [-0.4, -0.2) is 21.1 Å². The van der Waals surface area contributed by atoms with Gasteiger partial charge in [0.05, 0.1) is 14.2 Å². The number of ether oxygens (including phenoxy) is 2. The molecule has 0 atom stereocenters. The van der Waals surface area contributed by atoms with Crippen molar-refractivity contribution in [3.05, 3.63) is 133 Å². The summed E-state index contributed by atoms with van der Waals surface area (Å²) in [7, 11) is 3.58. The fourth-order valence-corrected chi connectivity index (χ4v) is 7.36. The first-order valence-electron chi connectivity index (χ1n) is 19.1. The number of fused-ring (bicyclic) bond motifs is 2. The monoisotopic (exact) mass is 914 g/mol.